The van der Waals surface area contributed by atoms with Gasteiger partial charge in [0.1, 0.15) is 0 Å². The molecule has 0 unspecified atom stereocenters. The normalized spacial score (nSPS) is 14.7. The van der Waals surface area contributed by atoms with Crippen molar-refractivity contribution < 1.29 is 0 Å². The number of fused-ring (bicyclic) bond motifs is 1. The van der Waals surface area contributed by atoms with Crippen LogP contribution in [0.2, 0.25) is 0 Å². The van der Waals surface area contributed by atoms with Crippen LogP contribution in [0.15, 0.2) is 36.9 Å². The van der Waals surface area contributed by atoms with Crippen LogP contribution in [0.5, 0.6) is 0 Å². The minimum Gasteiger partial charge on any atom is -0.398 e. The zero-order valence-corrected chi connectivity index (χ0v) is 11.1. The highest BCUT2D eigenvalue weighted by atomic mass is 15.1. The van der Waals surface area contributed by atoms with Gasteiger partial charge in [-0.25, -0.2) is 4.98 Å². The van der Waals surface area contributed by atoms with Gasteiger partial charge >= 0.3 is 0 Å². The zero-order valence-electron chi connectivity index (χ0n) is 11.1. The highest BCUT2D eigenvalue weighted by Gasteiger charge is 2.19. The molecule has 4 heteroatoms. The van der Waals surface area contributed by atoms with E-state index in [9.17, 15) is 0 Å². The van der Waals surface area contributed by atoms with Crippen LogP contribution in [0.4, 0.5) is 5.69 Å². The fourth-order valence-electron chi connectivity index (χ4n) is 2.72. The second-order valence-corrected chi connectivity index (χ2v) is 5.20. The molecular formula is C15H20N4. The Hall–Kier alpha value is -1.81. The Morgan fingerprint density at radius 2 is 2.05 bits per heavy atom. The third-order valence-electron chi connectivity index (χ3n) is 3.78. The lowest BCUT2D eigenvalue weighted by Crippen LogP contribution is -2.18. The van der Waals surface area contributed by atoms with E-state index in [-0.39, 0.29) is 0 Å². The van der Waals surface area contributed by atoms with Crippen molar-refractivity contribution in [1.82, 2.24) is 14.5 Å². The van der Waals surface area contributed by atoms with Gasteiger partial charge in [-0.05, 0) is 36.6 Å². The molecule has 1 aliphatic heterocycles. The monoisotopic (exact) mass is 256 g/mol. The first kappa shape index (κ1) is 12.2. The summed E-state index contributed by atoms with van der Waals surface area (Å²) < 4.78 is 2.14. The molecule has 19 heavy (non-hydrogen) atoms. The van der Waals surface area contributed by atoms with E-state index in [4.69, 9.17) is 5.73 Å². The van der Waals surface area contributed by atoms with E-state index in [1.165, 1.54) is 24.0 Å². The van der Waals surface area contributed by atoms with Crippen molar-refractivity contribution in [3.63, 3.8) is 0 Å². The standard InChI is InChI=1S/C15H20N4/c16-15-5-3-4-13-10-19(11-14(13)15)8-2-1-7-18-9-6-17-12-18/h3-6,9,12H,1-2,7-8,10-11,16H2. The Morgan fingerprint density at radius 3 is 2.84 bits per heavy atom. The number of unbranched alkanes of at least 4 members (excludes halogenated alkanes) is 1. The summed E-state index contributed by atoms with van der Waals surface area (Å²) in [5, 5.41) is 0. The fourth-order valence-corrected chi connectivity index (χ4v) is 2.72. The van der Waals surface area contributed by atoms with Crippen LogP contribution in [0, 0.1) is 0 Å². The number of benzene rings is 1. The number of rotatable bonds is 5. The van der Waals surface area contributed by atoms with Crippen LogP contribution >= 0.6 is 0 Å². The fraction of sp³-hybridized carbons (Fsp3) is 0.400. The number of nitrogen functional groups attached to an aromatic ring is 1. The predicted molar refractivity (Wildman–Crippen MR) is 76.4 cm³/mol. The Morgan fingerprint density at radius 1 is 1.16 bits per heavy atom. The molecule has 0 spiro atoms. The number of imidazole rings is 1. The molecule has 1 aliphatic rings. The Balaban J connectivity index is 1.45. The predicted octanol–water partition coefficient (Wildman–Crippen LogP) is 2.26. The van der Waals surface area contributed by atoms with Crippen LogP contribution in [-0.2, 0) is 19.6 Å². The lowest BCUT2D eigenvalue weighted by molar-refractivity contribution is 0.275. The molecule has 100 valence electrons. The minimum absolute atomic E-state index is 0.943. The van der Waals surface area contributed by atoms with E-state index in [0.29, 0.717) is 0 Å². The first-order chi connectivity index (χ1) is 9.33. The van der Waals surface area contributed by atoms with Crippen molar-refractivity contribution in [2.75, 3.05) is 12.3 Å². The molecule has 2 aromatic rings. The molecule has 0 bridgehead atoms. The van der Waals surface area contributed by atoms with Gasteiger partial charge in [0.15, 0.2) is 0 Å². The van der Waals surface area contributed by atoms with Crippen LogP contribution in [0.3, 0.4) is 0 Å². The van der Waals surface area contributed by atoms with E-state index in [1.807, 2.05) is 24.8 Å². The first-order valence-corrected chi connectivity index (χ1v) is 6.87. The minimum atomic E-state index is 0.943. The van der Waals surface area contributed by atoms with Gasteiger partial charge < -0.3 is 10.3 Å². The van der Waals surface area contributed by atoms with Gasteiger partial charge in [-0.3, -0.25) is 4.90 Å². The van der Waals surface area contributed by atoms with Crippen LogP contribution in [0.25, 0.3) is 0 Å². The third kappa shape index (κ3) is 2.79. The molecule has 0 saturated heterocycles. The van der Waals surface area contributed by atoms with E-state index >= 15 is 0 Å². The maximum absolute atomic E-state index is 6.02. The first-order valence-electron chi connectivity index (χ1n) is 6.87. The average molecular weight is 256 g/mol. The van der Waals surface area contributed by atoms with Gasteiger partial charge in [0, 0.05) is 37.7 Å². The summed E-state index contributed by atoms with van der Waals surface area (Å²) in [6, 6.07) is 6.25. The van der Waals surface area contributed by atoms with Gasteiger partial charge in [0.2, 0.25) is 0 Å². The molecule has 3 rings (SSSR count). The van der Waals surface area contributed by atoms with Gasteiger partial charge in [-0.2, -0.15) is 0 Å². The number of aryl methyl sites for hydroxylation is 1. The van der Waals surface area contributed by atoms with E-state index in [1.54, 1.807) is 0 Å². The Kier molecular flexibility index (Phi) is 3.51. The van der Waals surface area contributed by atoms with Gasteiger partial charge in [-0.1, -0.05) is 12.1 Å². The maximum Gasteiger partial charge on any atom is 0.0945 e. The topological polar surface area (TPSA) is 47.1 Å². The van der Waals surface area contributed by atoms with Gasteiger partial charge in [0.05, 0.1) is 6.33 Å². The van der Waals surface area contributed by atoms with Crippen LogP contribution < -0.4 is 5.73 Å². The number of hydrogen-bond acceptors (Lipinski definition) is 3. The summed E-state index contributed by atoms with van der Waals surface area (Å²) in [6.07, 6.45) is 8.14. The molecule has 0 amide bonds. The quantitative estimate of drug-likeness (QED) is 0.659. The molecule has 4 nitrogen and oxygen atoms in total. The van der Waals surface area contributed by atoms with Crippen molar-refractivity contribution >= 4 is 5.69 Å². The van der Waals surface area contributed by atoms with Crippen molar-refractivity contribution in [3.05, 3.63) is 48.0 Å². The summed E-state index contributed by atoms with van der Waals surface area (Å²) in [7, 11) is 0. The zero-order chi connectivity index (χ0) is 13.1. The summed E-state index contributed by atoms with van der Waals surface area (Å²) in [4.78, 5) is 6.53. The molecule has 2 heterocycles. The van der Waals surface area contributed by atoms with E-state index < -0.39 is 0 Å². The summed E-state index contributed by atoms with van der Waals surface area (Å²) in [5.41, 5.74) is 9.69. The molecule has 2 N–H and O–H groups in total. The SMILES string of the molecule is Nc1cccc2c1CN(CCCCn1ccnc1)C2. The number of hydrogen-bond donors (Lipinski definition) is 1. The second kappa shape index (κ2) is 5.45. The van der Waals surface area contributed by atoms with Crippen molar-refractivity contribution in [1.29, 1.82) is 0 Å². The second-order valence-electron chi connectivity index (χ2n) is 5.20. The van der Waals surface area contributed by atoms with E-state index in [0.717, 1.165) is 31.9 Å². The molecule has 1 aromatic carbocycles. The van der Waals surface area contributed by atoms with Crippen molar-refractivity contribution in [3.8, 4) is 0 Å². The van der Waals surface area contributed by atoms with Crippen molar-refractivity contribution in [2.24, 2.45) is 0 Å². The number of nitrogens with two attached hydrogens (primary N) is 1. The summed E-state index contributed by atoms with van der Waals surface area (Å²) in [6.45, 7) is 4.25. The van der Waals surface area contributed by atoms with Crippen molar-refractivity contribution in [2.45, 2.75) is 32.5 Å². The molecule has 0 aliphatic carbocycles. The average Bonchev–Trinajstić information content (AvgIpc) is 3.04. The number of anilines is 1. The number of nitrogens with zero attached hydrogens (tertiary/aromatic N) is 3. The van der Waals surface area contributed by atoms with E-state index in [2.05, 4.69) is 26.6 Å². The maximum atomic E-state index is 6.02. The molecular weight excluding hydrogens is 236 g/mol. The third-order valence-corrected chi connectivity index (χ3v) is 3.78. The summed E-state index contributed by atoms with van der Waals surface area (Å²) in [5.74, 6) is 0. The molecule has 0 fully saturated rings. The lowest BCUT2D eigenvalue weighted by atomic mass is 10.1. The van der Waals surface area contributed by atoms with Crippen LogP contribution in [0.1, 0.15) is 24.0 Å². The Labute approximate surface area is 113 Å². The highest BCUT2D eigenvalue weighted by molar-refractivity contribution is 5.52. The summed E-state index contributed by atoms with van der Waals surface area (Å²) >= 11 is 0. The lowest BCUT2D eigenvalue weighted by Gasteiger charge is -2.14. The molecule has 0 radical (unpaired) electrons. The van der Waals surface area contributed by atoms with Gasteiger partial charge in [0.25, 0.3) is 0 Å². The number of aromatic nitrogens is 2. The van der Waals surface area contributed by atoms with Crippen LogP contribution in [-0.4, -0.2) is 21.0 Å². The largest absolute Gasteiger partial charge is 0.398 e. The smallest absolute Gasteiger partial charge is 0.0945 e. The highest BCUT2D eigenvalue weighted by Crippen LogP contribution is 2.27. The molecule has 0 atom stereocenters. The Bertz CT molecular complexity index is 533. The molecule has 0 saturated carbocycles. The molecule has 1 aromatic heterocycles. The van der Waals surface area contributed by atoms with Gasteiger partial charge in [-0.15, -0.1) is 0 Å².